The van der Waals surface area contributed by atoms with Gasteiger partial charge in [-0.15, -0.1) is 22.7 Å². The Bertz CT molecular complexity index is 3570. The van der Waals surface area contributed by atoms with Crippen molar-refractivity contribution >= 4 is 84.7 Å². The van der Waals surface area contributed by atoms with Crippen molar-refractivity contribution < 1.29 is 0 Å². The second kappa shape index (κ2) is 13.2. The van der Waals surface area contributed by atoms with Gasteiger partial charge in [-0.1, -0.05) is 164 Å². The van der Waals surface area contributed by atoms with E-state index in [4.69, 9.17) is 19.9 Å². The Morgan fingerprint density at radius 1 is 0.293 bits per heavy atom. The van der Waals surface area contributed by atoms with E-state index in [0.29, 0.717) is 17.5 Å². The van der Waals surface area contributed by atoms with Crippen LogP contribution < -0.4 is 0 Å². The molecule has 12 aromatic rings. The Kier molecular flexibility index (Phi) is 7.55. The highest BCUT2D eigenvalue weighted by atomic mass is 32.1. The van der Waals surface area contributed by atoms with Crippen molar-refractivity contribution in [3.63, 3.8) is 0 Å². The van der Waals surface area contributed by atoms with Gasteiger partial charge in [0.05, 0.1) is 5.69 Å². The number of hydrogen-bond acceptors (Lipinski definition) is 6. The maximum Gasteiger partial charge on any atom is 0.165 e. The molecular formula is C52H30N4S2. The number of nitrogens with zero attached hydrogens (tertiary/aromatic N) is 4. The quantitative estimate of drug-likeness (QED) is 0.175. The van der Waals surface area contributed by atoms with Gasteiger partial charge in [-0.25, -0.2) is 19.9 Å². The molecule has 270 valence electrons. The molecule has 0 N–H and O–H groups in total. The number of pyridine rings is 1. The summed E-state index contributed by atoms with van der Waals surface area (Å²) >= 11 is 3.55. The molecule has 12 rings (SSSR count). The minimum atomic E-state index is 0.642. The minimum Gasteiger partial charge on any atom is -0.236 e. The fourth-order valence-electron chi connectivity index (χ4n) is 8.47. The SMILES string of the molecule is c1ccc(-c2nc(-c3ccc(-c4ccc(-c5nc6sc7ccccc7c6c6ccccc56)c5ccccc45)cc3)nc(-c3cccc4c3sc3ccccc34)n2)cc1. The molecule has 0 atom stereocenters. The van der Waals surface area contributed by atoms with Crippen LogP contribution in [0.15, 0.2) is 182 Å². The molecule has 0 saturated heterocycles. The summed E-state index contributed by atoms with van der Waals surface area (Å²) in [7, 11) is 0. The van der Waals surface area contributed by atoms with Crippen LogP contribution in [-0.2, 0) is 0 Å². The Labute approximate surface area is 341 Å². The highest BCUT2D eigenvalue weighted by Gasteiger charge is 2.19. The topological polar surface area (TPSA) is 51.6 Å². The van der Waals surface area contributed by atoms with Gasteiger partial charge in [0.25, 0.3) is 0 Å². The van der Waals surface area contributed by atoms with Crippen LogP contribution in [0.3, 0.4) is 0 Å². The number of aromatic nitrogens is 4. The van der Waals surface area contributed by atoms with E-state index < -0.39 is 0 Å². The molecule has 0 bridgehead atoms. The molecule has 0 radical (unpaired) electrons. The van der Waals surface area contributed by atoms with Crippen molar-refractivity contribution in [1.82, 2.24) is 19.9 Å². The van der Waals surface area contributed by atoms with Crippen molar-refractivity contribution in [3.8, 4) is 56.5 Å². The van der Waals surface area contributed by atoms with Crippen molar-refractivity contribution in [2.75, 3.05) is 0 Å². The van der Waals surface area contributed by atoms with Crippen molar-refractivity contribution in [1.29, 1.82) is 0 Å². The van der Waals surface area contributed by atoms with Crippen LogP contribution in [0.1, 0.15) is 0 Å². The van der Waals surface area contributed by atoms with Gasteiger partial charge >= 0.3 is 0 Å². The van der Waals surface area contributed by atoms with E-state index in [2.05, 4.69) is 164 Å². The zero-order valence-electron chi connectivity index (χ0n) is 30.9. The lowest BCUT2D eigenvalue weighted by Gasteiger charge is -2.14. The third-order valence-corrected chi connectivity index (χ3v) is 13.5. The minimum absolute atomic E-state index is 0.642. The number of fused-ring (bicyclic) bond motifs is 9. The van der Waals surface area contributed by atoms with Gasteiger partial charge < -0.3 is 0 Å². The summed E-state index contributed by atoms with van der Waals surface area (Å²) in [6, 6.07) is 64.3. The third kappa shape index (κ3) is 5.27. The number of hydrogen-bond donors (Lipinski definition) is 0. The van der Waals surface area contributed by atoms with Gasteiger partial charge in [0.15, 0.2) is 17.5 Å². The highest BCUT2D eigenvalue weighted by Crippen LogP contribution is 2.44. The summed E-state index contributed by atoms with van der Waals surface area (Å²) in [6.07, 6.45) is 0. The number of benzene rings is 8. The summed E-state index contributed by atoms with van der Waals surface area (Å²) in [5.41, 5.74) is 7.32. The summed E-state index contributed by atoms with van der Waals surface area (Å²) in [6.45, 7) is 0. The Morgan fingerprint density at radius 2 is 0.828 bits per heavy atom. The van der Waals surface area contributed by atoms with E-state index in [1.165, 1.54) is 51.8 Å². The second-order valence-electron chi connectivity index (χ2n) is 14.5. The monoisotopic (exact) mass is 774 g/mol. The summed E-state index contributed by atoms with van der Waals surface area (Å²) < 4.78 is 3.69. The van der Waals surface area contributed by atoms with Gasteiger partial charge in [-0.2, -0.15) is 0 Å². The van der Waals surface area contributed by atoms with Crippen molar-refractivity contribution in [2.24, 2.45) is 0 Å². The van der Waals surface area contributed by atoms with E-state index in [0.717, 1.165) is 49.3 Å². The molecule has 58 heavy (non-hydrogen) atoms. The fraction of sp³-hybridized carbons (Fsp3) is 0. The van der Waals surface area contributed by atoms with Crippen LogP contribution >= 0.6 is 22.7 Å². The molecule has 0 amide bonds. The molecule has 0 unspecified atom stereocenters. The van der Waals surface area contributed by atoms with Crippen LogP contribution in [0.25, 0.3) is 119 Å². The summed E-state index contributed by atoms with van der Waals surface area (Å²) in [4.78, 5) is 21.7. The van der Waals surface area contributed by atoms with Crippen LogP contribution in [0.2, 0.25) is 0 Å². The summed E-state index contributed by atoms with van der Waals surface area (Å²) in [5.74, 6) is 1.96. The van der Waals surface area contributed by atoms with E-state index >= 15 is 0 Å². The average molecular weight is 775 g/mol. The van der Waals surface area contributed by atoms with Gasteiger partial charge in [0.1, 0.15) is 4.83 Å². The lowest BCUT2D eigenvalue weighted by Crippen LogP contribution is -2.00. The van der Waals surface area contributed by atoms with E-state index in [1.807, 2.05) is 18.2 Å². The van der Waals surface area contributed by atoms with Crippen LogP contribution in [0, 0.1) is 0 Å². The van der Waals surface area contributed by atoms with Crippen molar-refractivity contribution in [3.05, 3.63) is 182 Å². The predicted octanol–water partition coefficient (Wildman–Crippen LogP) is 14.6. The lowest BCUT2D eigenvalue weighted by molar-refractivity contribution is 1.08. The van der Waals surface area contributed by atoms with E-state index in [1.54, 1.807) is 22.7 Å². The maximum atomic E-state index is 5.39. The van der Waals surface area contributed by atoms with Crippen molar-refractivity contribution in [2.45, 2.75) is 0 Å². The molecule has 4 heterocycles. The first-order valence-corrected chi connectivity index (χ1v) is 20.9. The highest BCUT2D eigenvalue weighted by molar-refractivity contribution is 7.26. The Hall–Kier alpha value is -7.12. The van der Waals surface area contributed by atoms with Crippen LogP contribution in [0.4, 0.5) is 0 Å². The van der Waals surface area contributed by atoms with E-state index in [-0.39, 0.29) is 0 Å². The first-order chi connectivity index (χ1) is 28.7. The third-order valence-electron chi connectivity index (χ3n) is 11.2. The molecule has 0 saturated carbocycles. The molecule has 0 aliphatic carbocycles. The molecule has 0 aliphatic heterocycles. The molecule has 8 aromatic carbocycles. The molecule has 4 nitrogen and oxygen atoms in total. The largest absolute Gasteiger partial charge is 0.236 e. The normalized spacial score (nSPS) is 11.8. The Morgan fingerprint density at radius 3 is 1.59 bits per heavy atom. The van der Waals surface area contributed by atoms with Gasteiger partial charge in [-0.3, -0.25) is 0 Å². The zero-order valence-corrected chi connectivity index (χ0v) is 32.6. The molecule has 4 aromatic heterocycles. The standard InChI is InChI=1S/C52H30N4S2/c1-2-13-32(14-3-1)49-54-50(56-51(55-49)43-22-12-21-41-37-17-8-10-23-44(37)57-48(41)43)33-27-25-31(26-28-33)34-29-30-40(36-16-5-4-15-35(34)36)47-39-19-7-6-18-38(39)46-42-20-9-11-24-45(42)58-52(46)53-47/h1-30H. The predicted molar refractivity (Wildman–Crippen MR) is 246 cm³/mol. The molecule has 0 fully saturated rings. The molecule has 0 spiro atoms. The zero-order chi connectivity index (χ0) is 38.2. The number of thiophene rings is 2. The summed E-state index contributed by atoms with van der Waals surface area (Å²) in [5, 5.41) is 9.72. The first-order valence-electron chi connectivity index (χ1n) is 19.3. The first kappa shape index (κ1) is 33.1. The molecule has 0 aliphatic rings. The average Bonchev–Trinajstić information content (AvgIpc) is 3.87. The number of rotatable bonds is 5. The van der Waals surface area contributed by atoms with Gasteiger partial charge in [0, 0.05) is 63.3 Å². The van der Waals surface area contributed by atoms with Crippen LogP contribution in [0.5, 0.6) is 0 Å². The Balaban J connectivity index is 0.979. The van der Waals surface area contributed by atoms with Crippen LogP contribution in [-0.4, -0.2) is 19.9 Å². The van der Waals surface area contributed by atoms with Gasteiger partial charge in [0.2, 0.25) is 0 Å². The molecular weight excluding hydrogens is 745 g/mol. The maximum absolute atomic E-state index is 5.39. The second-order valence-corrected chi connectivity index (χ2v) is 16.6. The lowest BCUT2D eigenvalue weighted by atomic mass is 9.91. The molecule has 6 heteroatoms. The smallest absolute Gasteiger partial charge is 0.165 e. The van der Waals surface area contributed by atoms with E-state index in [9.17, 15) is 0 Å². The fourth-order valence-corrected chi connectivity index (χ4v) is 10.8. The van der Waals surface area contributed by atoms with Gasteiger partial charge in [-0.05, 0) is 45.5 Å².